The molecular weight excluding hydrogens is 427 g/mol. The van der Waals surface area contributed by atoms with Crippen molar-refractivity contribution < 1.29 is 19.0 Å². The topological polar surface area (TPSA) is 62.7 Å². The number of carbonyl (C=O) groups is 1. The van der Waals surface area contributed by atoms with Crippen molar-refractivity contribution >= 4 is 23.6 Å². The summed E-state index contributed by atoms with van der Waals surface area (Å²) in [6.45, 7) is 6.29. The number of ether oxygens (including phenoxy) is 1. The molecule has 0 radical (unpaired) electrons. The molecule has 2 aromatic carbocycles. The van der Waals surface area contributed by atoms with E-state index in [-0.39, 0.29) is 18.1 Å². The van der Waals surface area contributed by atoms with E-state index in [0.717, 1.165) is 27.4 Å². The maximum Gasteiger partial charge on any atom is 0.335 e. The summed E-state index contributed by atoms with van der Waals surface area (Å²) in [7, 11) is 0. The van der Waals surface area contributed by atoms with Crippen LogP contribution in [-0.2, 0) is 6.61 Å². The van der Waals surface area contributed by atoms with Gasteiger partial charge in [0.1, 0.15) is 17.4 Å². The summed E-state index contributed by atoms with van der Waals surface area (Å²) in [5.74, 6) is -0.438. The third kappa shape index (κ3) is 6.23. The van der Waals surface area contributed by atoms with Crippen LogP contribution >= 0.6 is 11.9 Å². The summed E-state index contributed by atoms with van der Waals surface area (Å²) < 4.78 is 21.6. The van der Waals surface area contributed by atoms with Crippen molar-refractivity contribution in [3.05, 3.63) is 83.0 Å². The van der Waals surface area contributed by atoms with Gasteiger partial charge in [-0.15, -0.1) is 0 Å². The van der Waals surface area contributed by atoms with Gasteiger partial charge in [-0.05, 0) is 66.9 Å². The first-order valence-corrected chi connectivity index (χ1v) is 11.1. The third-order valence-corrected chi connectivity index (χ3v) is 6.02. The lowest BCUT2D eigenvalue weighted by atomic mass is 10.1. The summed E-state index contributed by atoms with van der Waals surface area (Å²) in [6, 6.07) is 16.4. The van der Waals surface area contributed by atoms with Gasteiger partial charge in [-0.3, -0.25) is 4.39 Å². The standard InChI is InChI=1S/C25H27FN2O3S/c1-17(14-26)15-28(32-24-6-4-5-11-27-24)22-12-18(2)19(3)13-23(22)31-16-20-7-9-21(10-8-20)25(29)30/h4-13,17H,14-16H2,1-3H3,(H,29,30). The Kier molecular flexibility index (Phi) is 8.11. The Balaban J connectivity index is 1.89. The highest BCUT2D eigenvalue weighted by atomic mass is 32.2. The molecule has 0 fully saturated rings. The van der Waals surface area contributed by atoms with Crippen molar-refractivity contribution in [2.75, 3.05) is 17.5 Å². The molecule has 7 heteroatoms. The molecule has 3 aromatic rings. The molecule has 1 atom stereocenters. The maximum atomic E-state index is 13.4. The van der Waals surface area contributed by atoms with Crippen molar-refractivity contribution in [2.24, 2.45) is 5.92 Å². The normalized spacial score (nSPS) is 11.8. The Morgan fingerprint density at radius 3 is 2.50 bits per heavy atom. The predicted octanol–water partition coefficient (Wildman–Crippen LogP) is 6.09. The first kappa shape index (κ1) is 23.6. The molecule has 32 heavy (non-hydrogen) atoms. The number of benzene rings is 2. The molecule has 0 aliphatic carbocycles. The van der Waals surface area contributed by atoms with Gasteiger partial charge in [-0.25, -0.2) is 9.78 Å². The van der Waals surface area contributed by atoms with Crippen molar-refractivity contribution in [1.82, 2.24) is 4.98 Å². The minimum atomic E-state index is -0.960. The summed E-state index contributed by atoms with van der Waals surface area (Å²) in [6.07, 6.45) is 1.73. The molecule has 0 spiro atoms. The zero-order valence-electron chi connectivity index (χ0n) is 18.4. The first-order chi connectivity index (χ1) is 15.4. The zero-order valence-corrected chi connectivity index (χ0v) is 19.2. The minimum Gasteiger partial charge on any atom is -0.487 e. The lowest BCUT2D eigenvalue weighted by Gasteiger charge is -2.28. The number of alkyl halides is 1. The first-order valence-electron chi connectivity index (χ1n) is 10.4. The molecule has 0 aliphatic heterocycles. The molecule has 0 saturated carbocycles. The number of aryl methyl sites for hydroxylation is 2. The van der Waals surface area contributed by atoms with Crippen molar-refractivity contribution in [3.63, 3.8) is 0 Å². The second kappa shape index (κ2) is 11.0. The van der Waals surface area contributed by atoms with Crippen LogP contribution in [0.2, 0.25) is 0 Å². The van der Waals surface area contributed by atoms with E-state index in [9.17, 15) is 9.18 Å². The number of nitrogens with zero attached hydrogens (tertiary/aromatic N) is 2. The van der Waals surface area contributed by atoms with Gasteiger partial charge >= 0.3 is 5.97 Å². The summed E-state index contributed by atoms with van der Waals surface area (Å²) in [5.41, 5.74) is 4.15. The van der Waals surface area contributed by atoms with E-state index >= 15 is 0 Å². The highest BCUT2D eigenvalue weighted by Crippen LogP contribution is 2.38. The predicted molar refractivity (Wildman–Crippen MR) is 126 cm³/mol. The average Bonchev–Trinajstić information content (AvgIpc) is 2.80. The lowest BCUT2D eigenvalue weighted by Crippen LogP contribution is -2.23. The molecule has 0 bridgehead atoms. The number of anilines is 1. The van der Waals surface area contributed by atoms with Crippen LogP contribution in [-0.4, -0.2) is 29.3 Å². The van der Waals surface area contributed by atoms with Crippen molar-refractivity contribution in [1.29, 1.82) is 0 Å². The Morgan fingerprint density at radius 1 is 1.16 bits per heavy atom. The minimum absolute atomic E-state index is 0.163. The van der Waals surface area contributed by atoms with Crippen LogP contribution in [0, 0.1) is 19.8 Å². The molecule has 0 saturated heterocycles. The van der Waals surface area contributed by atoms with Crippen LogP contribution < -0.4 is 9.04 Å². The Morgan fingerprint density at radius 2 is 1.88 bits per heavy atom. The Labute approximate surface area is 192 Å². The van der Waals surface area contributed by atoms with Gasteiger partial charge in [-0.1, -0.05) is 25.1 Å². The highest BCUT2D eigenvalue weighted by Gasteiger charge is 2.19. The van der Waals surface area contributed by atoms with E-state index in [1.807, 2.05) is 49.3 Å². The maximum absolute atomic E-state index is 13.4. The fraction of sp³-hybridized carbons (Fsp3) is 0.280. The number of pyridine rings is 1. The van der Waals surface area contributed by atoms with E-state index in [2.05, 4.69) is 11.1 Å². The van der Waals surface area contributed by atoms with Gasteiger partial charge in [0.25, 0.3) is 0 Å². The second-order valence-corrected chi connectivity index (χ2v) is 8.82. The van der Waals surface area contributed by atoms with Crippen LogP contribution in [0.1, 0.15) is 34.0 Å². The Hall–Kier alpha value is -3.06. The van der Waals surface area contributed by atoms with E-state index in [1.54, 1.807) is 30.5 Å². The molecule has 1 aromatic heterocycles. The van der Waals surface area contributed by atoms with Crippen LogP contribution in [0.25, 0.3) is 0 Å². The van der Waals surface area contributed by atoms with E-state index in [4.69, 9.17) is 9.84 Å². The summed E-state index contributed by atoms with van der Waals surface area (Å²) in [4.78, 5) is 15.5. The molecule has 5 nitrogen and oxygen atoms in total. The smallest absolute Gasteiger partial charge is 0.335 e. The van der Waals surface area contributed by atoms with Crippen LogP contribution in [0.3, 0.4) is 0 Å². The highest BCUT2D eigenvalue weighted by molar-refractivity contribution is 8.00. The number of carboxylic acid groups (broad SMARTS) is 1. The number of rotatable bonds is 10. The van der Waals surface area contributed by atoms with E-state index in [0.29, 0.717) is 12.3 Å². The molecule has 0 aliphatic rings. The number of carboxylic acids is 1. The van der Waals surface area contributed by atoms with Crippen LogP contribution in [0.15, 0.2) is 65.8 Å². The van der Waals surface area contributed by atoms with Gasteiger partial charge in [-0.2, -0.15) is 0 Å². The van der Waals surface area contributed by atoms with Crippen molar-refractivity contribution in [2.45, 2.75) is 32.4 Å². The largest absolute Gasteiger partial charge is 0.487 e. The molecule has 1 N–H and O–H groups in total. The van der Waals surface area contributed by atoms with E-state index in [1.165, 1.54) is 11.9 Å². The summed E-state index contributed by atoms with van der Waals surface area (Å²) in [5, 5.41) is 9.89. The monoisotopic (exact) mass is 454 g/mol. The average molecular weight is 455 g/mol. The van der Waals surface area contributed by atoms with Crippen LogP contribution in [0.5, 0.6) is 5.75 Å². The number of hydrogen-bond donors (Lipinski definition) is 1. The molecule has 3 rings (SSSR count). The SMILES string of the molecule is Cc1cc(OCc2ccc(C(=O)O)cc2)c(N(CC(C)CF)Sc2ccccn2)cc1C. The number of aromatic carboxylic acids is 1. The third-order valence-electron chi connectivity index (χ3n) is 5.02. The molecule has 1 unspecified atom stereocenters. The Bertz CT molecular complexity index is 1050. The van der Waals surface area contributed by atoms with Gasteiger partial charge in [0.2, 0.25) is 0 Å². The fourth-order valence-corrected chi connectivity index (χ4v) is 4.06. The summed E-state index contributed by atoms with van der Waals surface area (Å²) >= 11 is 1.45. The van der Waals surface area contributed by atoms with Crippen molar-refractivity contribution in [3.8, 4) is 5.75 Å². The molecule has 0 amide bonds. The van der Waals surface area contributed by atoms with E-state index < -0.39 is 12.6 Å². The molecule has 168 valence electrons. The van der Waals surface area contributed by atoms with Gasteiger partial charge in [0.15, 0.2) is 0 Å². The molecule has 1 heterocycles. The molecular formula is C25H27FN2O3S. The lowest BCUT2D eigenvalue weighted by molar-refractivity contribution is 0.0697. The number of aromatic nitrogens is 1. The quantitative estimate of drug-likeness (QED) is 0.374. The second-order valence-electron chi connectivity index (χ2n) is 7.77. The fourth-order valence-electron chi connectivity index (χ4n) is 3.02. The van der Waals surface area contributed by atoms with Gasteiger partial charge in [0, 0.05) is 30.6 Å². The number of halogens is 1. The van der Waals surface area contributed by atoms with Gasteiger partial charge in [0.05, 0.1) is 17.9 Å². The zero-order chi connectivity index (χ0) is 23.1. The number of hydrogen-bond acceptors (Lipinski definition) is 5. The van der Waals surface area contributed by atoms with Gasteiger partial charge < -0.3 is 14.1 Å². The van der Waals surface area contributed by atoms with Crippen LogP contribution in [0.4, 0.5) is 10.1 Å².